The highest BCUT2D eigenvalue weighted by molar-refractivity contribution is 7.18. The number of carbonyl (C=O) groups excluding carboxylic acids is 1. The number of anilines is 2. The topological polar surface area (TPSA) is 55.1 Å². The molecule has 15 heavy (non-hydrogen) atoms. The Bertz CT molecular complexity index is 393. The summed E-state index contributed by atoms with van der Waals surface area (Å²) in [6.45, 7) is 4.79. The van der Waals surface area contributed by atoms with Crippen LogP contribution in [-0.2, 0) is 0 Å². The predicted molar refractivity (Wildman–Crippen MR) is 64.6 cm³/mol. The van der Waals surface area contributed by atoms with Gasteiger partial charge in [0.2, 0.25) is 0 Å². The summed E-state index contributed by atoms with van der Waals surface area (Å²) in [4.78, 5) is 11.9. The molecule has 1 aromatic heterocycles. The Morgan fingerprint density at radius 1 is 1.67 bits per heavy atom. The van der Waals surface area contributed by atoms with Gasteiger partial charge in [0.15, 0.2) is 5.78 Å². The van der Waals surface area contributed by atoms with Crippen molar-refractivity contribution in [2.45, 2.75) is 26.7 Å². The van der Waals surface area contributed by atoms with Crippen LogP contribution in [0.15, 0.2) is 6.07 Å². The summed E-state index contributed by atoms with van der Waals surface area (Å²) in [5.74, 6) is 0.0446. The second kappa shape index (κ2) is 3.52. The zero-order valence-corrected chi connectivity index (χ0v) is 9.91. The molecule has 1 heterocycles. The minimum absolute atomic E-state index is 0.0446. The van der Waals surface area contributed by atoms with Crippen molar-refractivity contribution >= 4 is 27.8 Å². The number of nitrogens with one attached hydrogen (secondary N) is 1. The van der Waals surface area contributed by atoms with Crippen LogP contribution >= 0.6 is 11.3 Å². The van der Waals surface area contributed by atoms with Crippen LogP contribution in [0.5, 0.6) is 0 Å². The zero-order chi connectivity index (χ0) is 11.1. The van der Waals surface area contributed by atoms with E-state index in [0.717, 1.165) is 11.5 Å². The Kier molecular flexibility index (Phi) is 2.46. The zero-order valence-electron chi connectivity index (χ0n) is 9.09. The summed E-state index contributed by atoms with van der Waals surface area (Å²) >= 11 is 1.45. The van der Waals surface area contributed by atoms with Gasteiger partial charge in [-0.1, -0.05) is 6.92 Å². The van der Waals surface area contributed by atoms with Gasteiger partial charge in [0, 0.05) is 13.5 Å². The monoisotopic (exact) mass is 224 g/mol. The van der Waals surface area contributed by atoms with Gasteiger partial charge in [-0.2, -0.15) is 0 Å². The second-order valence-corrected chi connectivity index (χ2v) is 5.67. The number of Topliss-reactive ketones (excluding diaryl/α,β-unsaturated/α-hetero) is 1. The van der Waals surface area contributed by atoms with E-state index >= 15 is 0 Å². The molecule has 0 unspecified atom stereocenters. The summed E-state index contributed by atoms with van der Waals surface area (Å²) < 4.78 is 0. The first-order chi connectivity index (χ1) is 7.00. The lowest BCUT2D eigenvalue weighted by Crippen LogP contribution is -2.10. The first-order valence-corrected chi connectivity index (χ1v) is 5.96. The molecule has 1 saturated carbocycles. The van der Waals surface area contributed by atoms with Gasteiger partial charge >= 0.3 is 0 Å². The highest BCUT2D eigenvalue weighted by Gasteiger charge is 2.36. The molecule has 1 aliphatic rings. The number of nitrogen functional groups attached to an aromatic ring is 1. The van der Waals surface area contributed by atoms with Crippen molar-refractivity contribution in [3.05, 3.63) is 10.9 Å². The Labute approximate surface area is 93.7 Å². The number of hydrogen-bond donors (Lipinski definition) is 2. The van der Waals surface area contributed by atoms with Gasteiger partial charge in [0.05, 0.1) is 15.6 Å². The molecule has 2 rings (SSSR count). The van der Waals surface area contributed by atoms with Gasteiger partial charge in [-0.15, -0.1) is 11.3 Å². The average Bonchev–Trinajstić information content (AvgIpc) is 2.75. The van der Waals surface area contributed by atoms with E-state index in [9.17, 15) is 4.79 Å². The van der Waals surface area contributed by atoms with Crippen molar-refractivity contribution in [2.75, 3.05) is 17.6 Å². The van der Waals surface area contributed by atoms with Crippen molar-refractivity contribution in [1.82, 2.24) is 0 Å². The van der Waals surface area contributed by atoms with E-state index in [-0.39, 0.29) is 5.78 Å². The largest absolute Gasteiger partial charge is 0.397 e. The normalized spacial score (nSPS) is 17.5. The lowest BCUT2D eigenvalue weighted by atomic mass is 10.1. The fourth-order valence-electron chi connectivity index (χ4n) is 1.46. The Balaban J connectivity index is 2.02. The van der Waals surface area contributed by atoms with Gasteiger partial charge in [-0.25, -0.2) is 0 Å². The quantitative estimate of drug-likeness (QED) is 0.773. The molecule has 0 atom stereocenters. The molecule has 0 amide bonds. The molecule has 0 spiro atoms. The summed E-state index contributed by atoms with van der Waals surface area (Å²) in [5.41, 5.74) is 6.81. The molecule has 0 bridgehead atoms. The Morgan fingerprint density at radius 3 is 2.80 bits per heavy atom. The number of rotatable bonds is 4. The Morgan fingerprint density at radius 2 is 2.33 bits per heavy atom. The molecule has 82 valence electrons. The first kappa shape index (κ1) is 10.5. The molecule has 0 aliphatic heterocycles. The third-order valence-electron chi connectivity index (χ3n) is 2.87. The predicted octanol–water partition coefficient (Wildman–Crippen LogP) is 2.74. The summed E-state index contributed by atoms with van der Waals surface area (Å²) in [7, 11) is 0. The van der Waals surface area contributed by atoms with Gasteiger partial charge in [0.25, 0.3) is 0 Å². The van der Waals surface area contributed by atoms with Crippen LogP contribution in [0.25, 0.3) is 0 Å². The molecule has 0 radical (unpaired) electrons. The molecule has 4 heteroatoms. The second-order valence-electron chi connectivity index (χ2n) is 4.62. The van der Waals surface area contributed by atoms with Crippen molar-refractivity contribution in [1.29, 1.82) is 0 Å². The highest BCUT2D eigenvalue weighted by atomic mass is 32.1. The average molecular weight is 224 g/mol. The number of nitrogens with two attached hydrogens (primary N) is 1. The summed E-state index contributed by atoms with van der Waals surface area (Å²) in [6.07, 6.45) is 2.58. The third kappa shape index (κ3) is 2.31. The van der Waals surface area contributed by atoms with Gasteiger partial charge in [0.1, 0.15) is 0 Å². The summed E-state index contributed by atoms with van der Waals surface area (Å²) in [5, 5.41) is 4.35. The minimum Gasteiger partial charge on any atom is -0.397 e. The van der Waals surface area contributed by atoms with Crippen LogP contribution in [0, 0.1) is 5.41 Å². The lowest BCUT2D eigenvalue weighted by Gasteiger charge is -2.08. The van der Waals surface area contributed by atoms with E-state index in [1.165, 1.54) is 24.2 Å². The molecule has 0 saturated heterocycles. The number of carbonyl (C=O) groups is 1. The molecular formula is C11H16N2OS. The molecular weight excluding hydrogens is 208 g/mol. The minimum atomic E-state index is 0.0446. The number of thiophene rings is 1. The molecule has 1 aromatic rings. The van der Waals surface area contributed by atoms with Crippen molar-refractivity contribution in [2.24, 2.45) is 5.41 Å². The van der Waals surface area contributed by atoms with Crippen LogP contribution in [0.2, 0.25) is 0 Å². The molecule has 0 aromatic carbocycles. The van der Waals surface area contributed by atoms with Crippen molar-refractivity contribution in [3.63, 3.8) is 0 Å². The maximum atomic E-state index is 11.2. The van der Waals surface area contributed by atoms with Crippen molar-refractivity contribution < 1.29 is 4.79 Å². The first-order valence-electron chi connectivity index (χ1n) is 5.14. The maximum Gasteiger partial charge on any atom is 0.171 e. The fraction of sp³-hybridized carbons (Fsp3) is 0.545. The molecule has 1 aliphatic carbocycles. The fourth-order valence-corrected chi connectivity index (χ4v) is 2.33. The SMILES string of the molecule is CC(=O)c1sc(NCC2(C)CC2)cc1N. The van der Waals surface area contributed by atoms with E-state index in [0.29, 0.717) is 16.0 Å². The van der Waals surface area contributed by atoms with Gasteiger partial charge in [-0.05, 0) is 24.3 Å². The molecule has 1 fully saturated rings. The van der Waals surface area contributed by atoms with Crippen LogP contribution < -0.4 is 11.1 Å². The Hall–Kier alpha value is -1.03. The maximum absolute atomic E-state index is 11.2. The van der Waals surface area contributed by atoms with Crippen LogP contribution in [0.3, 0.4) is 0 Å². The van der Waals surface area contributed by atoms with E-state index in [1.54, 1.807) is 6.92 Å². The summed E-state index contributed by atoms with van der Waals surface area (Å²) in [6, 6.07) is 1.85. The lowest BCUT2D eigenvalue weighted by molar-refractivity contribution is 0.102. The van der Waals surface area contributed by atoms with Crippen LogP contribution in [-0.4, -0.2) is 12.3 Å². The van der Waals surface area contributed by atoms with E-state index in [2.05, 4.69) is 12.2 Å². The molecule has 3 N–H and O–H groups in total. The van der Waals surface area contributed by atoms with E-state index in [1.807, 2.05) is 6.07 Å². The van der Waals surface area contributed by atoms with Gasteiger partial charge in [-0.3, -0.25) is 4.79 Å². The van der Waals surface area contributed by atoms with Gasteiger partial charge < -0.3 is 11.1 Å². The number of ketones is 1. The highest BCUT2D eigenvalue weighted by Crippen LogP contribution is 2.45. The third-order valence-corrected chi connectivity index (χ3v) is 4.08. The van der Waals surface area contributed by atoms with Crippen molar-refractivity contribution in [3.8, 4) is 0 Å². The number of hydrogen-bond acceptors (Lipinski definition) is 4. The van der Waals surface area contributed by atoms with Crippen LogP contribution in [0.1, 0.15) is 36.4 Å². The van der Waals surface area contributed by atoms with E-state index < -0.39 is 0 Å². The standard InChI is InChI=1S/C11H16N2OS/c1-7(14)10-8(12)5-9(15-10)13-6-11(2)3-4-11/h5,13H,3-4,6,12H2,1-2H3. The van der Waals surface area contributed by atoms with Crippen LogP contribution in [0.4, 0.5) is 10.7 Å². The van der Waals surface area contributed by atoms with E-state index in [4.69, 9.17) is 5.73 Å². The smallest absolute Gasteiger partial charge is 0.171 e. The molecule has 3 nitrogen and oxygen atoms in total.